The van der Waals surface area contributed by atoms with Crippen molar-refractivity contribution in [3.8, 4) is 5.75 Å². The number of benzene rings is 1. The summed E-state index contributed by atoms with van der Waals surface area (Å²) in [6.45, 7) is 7.61. The average molecular weight is 339 g/mol. The minimum Gasteiger partial charge on any atom is -0.494 e. The summed E-state index contributed by atoms with van der Waals surface area (Å²) in [4.78, 5) is 14.1. The fourth-order valence-electron chi connectivity index (χ4n) is 2.82. The second-order valence-corrected chi connectivity index (χ2v) is 6.06. The van der Waals surface area contributed by atoms with Gasteiger partial charge in [0.15, 0.2) is 0 Å². The van der Waals surface area contributed by atoms with Crippen LogP contribution in [0.15, 0.2) is 18.2 Å². The minimum absolute atomic E-state index is 0. The molecule has 1 aliphatic heterocycles. The first kappa shape index (κ1) is 20.3. The Labute approximate surface area is 144 Å². The van der Waals surface area contributed by atoms with Crippen molar-refractivity contribution in [2.75, 3.05) is 26.9 Å². The first-order valence-electron chi connectivity index (χ1n) is 8.28. The van der Waals surface area contributed by atoms with Crippen molar-refractivity contribution in [1.82, 2.24) is 4.90 Å². The molecule has 1 aromatic rings. The van der Waals surface area contributed by atoms with E-state index in [1.54, 1.807) is 12.0 Å². The zero-order valence-electron chi connectivity index (χ0n) is 15.0. The van der Waals surface area contributed by atoms with Gasteiger partial charge in [0.05, 0.1) is 25.4 Å². The Morgan fingerprint density at radius 2 is 2.12 bits per heavy atom. The fourth-order valence-corrected chi connectivity index (χ4v) is 2.82. The maximum atomic E-state index is 12.3. The van der Waals surface area contributed by atoms with Gasteiger partial charge in [-0.15, -0.1) is 0 Å². The summed E-state index contributed by atoms with van der Waals surface area (Å²) in [5.74, 6) is 0.889. The number of methoxy groups -OCH3 is 1. The van der Waals surface area contributed by atoms with Crippen LogP contribution >= 0.6 is 0 Å². The number of fused-ring (bicyclic) bond motifs is 1. The summed E-state index contributed by atoms with van der Waals surface area (Å²) in [5, 5.41) is 0. The Balaban J connectivity index is 0.00000288. The summed E-state index contributed by atoms with van der Waals surface area (Å²) in [5.41, 5.74) is 2.33. The van der Waals surface area contributed by atoms with Gasteiger partial charge in [0.1, 0.15) is 5.75 Å². The number of nitrogens with zero attached hydrogens (tertiary/aromatic N) is 1. The second kappa shape index (κ2) is 9.49. The van der Waals surface area contributed by atoms with E-state index in [1.807, 2.05) is 26.0 Å². The molecule has 6 heteroatoms. The van der Waals surface area contributed by atoms with Crippen molar-refractivity contribution in [2.45, 2.75) is 45.8 Å². The summed E-state index contributed by atoms with van der Waals surface area (Å²) < 4.78 is 16.4. The van der Waals surface area contributed by atoms with E-state index in [4.69, 9.17) is 14.2 Å². The predicted molar refractivity (Wildman–Crippen MR) is 92.5 cm³/mol. The van der Waals surface area contributed by atoms with E-state index in [1.165, 1.54) is 5.56 Å². The van der Waals surface area contributed by atoms with E-state index < -0.39 is 0 Å². The molecule has 24 heavy (non-hydrogen) atoms. The SMILES string of the molecule is CCCOc1ccc2c(c1)CCN(C(=O)OC(C)C)C2COC.O. The molecule has 0 spiro atoms. The minimum atomic E-state index is -0.279. The van der Waals surface area contributed by atoms with Gasteiger partial charge in [-0.1, -0.05) is 13.0 Å². The van der Waals surface area contributed by atoms with Crippen LogP contribution < -0.4 is 4.74 Å². The zero-order valence-corrected chi connectivity index (χ0v) is 15.0. The molecular weight excluding hydrogens is 310 g/mol. The molecule has 1 heterocycles. The standard InChI is InChI=1S/C18H27NO4.H2O/c1-5-10-22-15-6-7-16-14(11-15)8-9-19(17(16)12-21-4)18(20)23-13(2)3;/h6-7,11,13,17H,5,8-10,12H2,1-4H3;1H2. The van der Waals surface area contributed by atoms with Gasteiger partial charge in [-0.2, -0.15) is 0 Å². The van der Waals surface area contributed by atoms with Crippen molar-refractivity contribution in [1.29, 1.82) is 0 Å². The van der Waals surface area contributed by atoms with Crippen LogP contribution in [0.4, 0.5) is 4.79 Å². The molecule has 6 nitrogen and oxygen atoms in total. The molecule has 0 saturated heterocycles. The third kappa shape index (κ3) is 4.85. The molecule has 1 aliphatic rings. The maximum Gasteiger partial charge on any atom is 0.410 e. The second-order valence-electron chi connectivity index (χ2n) is 6.06. The van der Waals surface area contributed by atoms with Crippen LogP contribution in [0.5, 0.6) is 5.75 Å². The number of carbonyl (C=O) groups excluding carboxylic acids is 1. The maximum absolute atomic E-state index is 12.3. The highest BCUT2D eigenvalue weighted by Crippen LogP contribution is 2.33. The van der Waals surface area contributed by atoms with E-state index in [0.29, 0.717) is 19.8 Å². The highest BCUT2D eigenvalue weighted by atomic mass is 16.6. The van der Waals surface area contributed by atoms with Gasteiger partial charge in [-0.3, -0.25) is 4.90 Å². The van der Waals surface area contributed by atoms with Crippen molar-refractivity contribution in [3.05, 3.63) is 29.3 Å². The normalized spacial score (nSPS) is 16.4. The number of ether oxygens (including phenoxy) is 3. The first-order chi connectivity index (χ1) is 11.1. The molecule has 136 valence electrons. The van der Waals surface area contributed by atoms with Crippen molar-refractivity contribution >= 4 is 6.09 Å². The van der Waals surface area contributed by atoms with Gasteiger partial charge < -0.3 is 19.7 Å². The summed E-state index contributed by atoms with van der Waals surface area (Å²) in [6.07, 6.45) is 1.38. The van der Waals surface area contributed by atoms with E-state index in [0.717, 1.165) is 24.2 Å². The summed E-state index contributed by atoms with van der Waals surface area (Å²) in [6, 6.07) is 5.97. The van der Waals surface area contributed by atoms with Gasteiger partial charge in [-0.25, -0.2) is 4.79 Å². The highest BCUT2D eigenvalue weighted by molar-refractivity contribution is 5.69. The molecule has 1 amide bonds. The third-order valence-electron chi connectivity index (χ3n) is 3.84. The van der Waals surface area contributed by atoms with Crippen molar-refractivity contribution < 1.29 is 24.5 Å². The Morgan fingerprint density at radius 3 is 2.75 bits per heavy atom. The number of rotatable bonds is 6. The lowest BCUT2D eigenvalue weighted by Crippen LogP contribution is -2.42. The van der Waals surface area contributed by atoms with Crippen molar-refractivity contribution in [2.24, 2.45) is 0 Å². The third-order valence-corrected chi connectivity index (χ3v) is 3.84. The van der Waals surface area contributed by atoms with Gasteiger partial charge in [0.25, 0.3) is 0 Å². The van der Waals surface area contributed by atoms with Crippen LogP contribution in [-0.4, -0.2) is 49.4 Å². The molecule has 0 aromatic heterocycles. The molecule has 0 fully saturated rings. The number of carbonyl (C=O) groups is 1. The summed E-state index contributed by atoms with van der Waals surface area (Å²) in [7, 11) is 1.65. The lowest BCUT2D eigenvalue weighted by atomic mass is 9.93. The molecule has 1 unspecified atom stereocenters. The quantitative estimate of drug-likeness (QED) is 0.798. The van der Waals surface area contributed by atoms with Crippen LogP contribution in [0, 0.1) is 0 Å². The van der Waals surface area contributed by atoms with Gasteiger partial charge in [0, 0.05) is 13.7 Å². The number of hydrogen-bond donors (Lipinski definition) is 0. The van der Waals surface area contributed by atoms with Gasteiger partial charge in [0.2, 0.25) is 0 Å². The zero-order chi connectivity index (χ0) is 16.8. The lowest BCUT2D eigenvalue weighted by Gasteiger charge is -2.36. The molecule has 0 saturated carbocycles. The molecule has 1 atom stereocenters. The Morgan fingerprint density at radius 1 is 1.38 bits per heavy atom. The smallest absolute Gasteiger partial charge is 0.410 e. The van der Waals surface area contributed by atoms with Crippen LogP contribution in [-0.2, 0) is 15.9 Å². The first-order valence-corrected chi connectivity index (χ1v) is 8.28. The predicted octanol–water partition coefficient (Wildman–Crippen LogP) is 2.74. The molecule has 2 N–H and O–H groups in total. The van der Waals surface area contributed by atoms with Crippen LogP contribution in [0.2, 0.25) is 0 Å². The van der Waals surface area contributed by atoms with Gasteiger partial charge in [-0.05, 0) is 49.9 Å². The van der Waals surface area contributed by atoms with E-state index >= 15 is 0 Å². The Hall–Kier alpha value is -1.79. The van der Waals surface area contributed by atoms with Crippen LogP contribution in [0.25, 0.3) is 0 Å². The molecule has 0 bridgehead atoms. The number of hydrogen-bond acceptors (Lipinski definition) is 4. The highest BCUT2D eigenvalue weighted by Gasteiger charge is 2.32. The van der Waals surface area contributed by atoms with Crippen LogP contribution in [0.3, 0.4) is 0 Å². The largest absolute Gasteiger partial charge is 0.494 e. The molecule has 0 aliphatic carbocycles. The Bertz CT molecular complexity index is 532. The van der Waals surface area contributed by atoms with E-state index in [2.05, 4.69) is 13.0 Å². The monoisotopic (exact) mass is 339 g/mol. The van der Waals surface area contributed by atoms with Crippen molar-refractivity contribution in [3.63, 3.8) is 0 Å². The average Bonchev–Trinajstić information content (AvgIpc) is 2.52. The van der Waals surface area contributed by atoms with E-state index in [-0.39, 0.29) is 23.7 Å². The Kier molecular flexibility index (Phi) is 8.01. The lowest BCUT2D eigenvalue weighted by molar-refractivity contribution is 0.0387. The number of amides is 1. The topological polar surface area (TPSA) is 79.5 Å². The van der Waals surface area contributed by atoms with Gasteiger partial charge >= 0.3 is 6.09 Å². The molecule has 2 rings (SSSR count). The summed E-state index contributed by atoms with van der Waals surface area (Å²) >= 11 is 0. The van der Waals surface area contributed by atoms with Crippen LogP contribution in [0.1, 0.15) is 44.4 Å². The molecule has 1 aromatic carbocycles. The molecule has 0 radical (unpaired) electrons. The fraction of sp³-hybridized carbons (Fsp3) is 0.611. The van der Waals surface area contributed by atoms with E-state index in [9.17, 15) is 4.79 Å². The molecular formula is C18H29NO5.